The fourth-order valence-electron chi connectivity index (χ4n) is 3.92. The van der Waals surface area contributed by atoms with Crippen LogP contribution in [-0.2, 0) is 6.54 Å². The minimum atomic E-state index is -0.778. The average molecular weight is 552 g/mol. The lowest BCUT2D eigenvalue weighted by Gasteiger charge is -2.17. The van der Waals surface area contributed by atoms with Gasteiger partial charge in [-0.2, -0.15) is 0 Å². The molecule has 0 bridgehead atoms. The van der Waals surface area contributed by atoms with Gasteiger partial charge in [-0.05, 0) is 18.6 Å². The number of hydrogen-bond donors (Lipinski definition) is 3. The van der Waals surface area contributed by atoms with Gasteiger partial charge in [0.15, 0.2) is 23.2 Å². The normalized spacial score (nSPS) is 11.3. The number of ether oxygens (including phenoxy) is 2. The molecule has 0 aliphatic rings. The standard InChI is InChI=1S/C29H28F3N5O3/c1-3-6-20(28-35-17-27(39-2)29(37-28)36-26-9-10-33-16-24(26)32)19-7-4-5-8-25(19)34-15-21-22(30)13-18(14-23(21)31)40-12-11-38/h4-10,13-14,16-17,34,38H,3,11-12,15H2,1-2H3,(H,33,35,36,37)/b20-6-. The van der Waals surface area contributed by atoms with Crippen molar-refractivity contribution in [3.05, 3.63) is 102 Å². The number of halogens is 3. The van der Waals surface area contributed by atoms with Gasteiger partial charge in [-0.1, -0.05) is 31.2 Å². The molecule has 0 aliphatic heterocycles. The van der Waals surface area contributed by atoms with E-state index in [4.69, 9.17) is 14.6 Å². The zero-order valence-corrected chi connectivity index (χ0v) is 21.9. The molecule has 0 spiro atoms. The first-order chi connectivity index (χ1) is 19.4. The number of methoxy groups -OCH3 is 1. The predicted molar refractivity (Wildman–Crippen MR) is 146 cm³/mol. The Kier molecular flexibility index (Phi) is 9.53. The Bertz CT molecular complexity index is 1480. The Morgan fingerprint density at radius 1 is 1.02 bits per heavy atom. The fraction of sp³-hybridized carbons (Fsp3) is 0.207. The van der Waals surface area contributed by atoms with Crippen LogP contribution in [0.3, 0.4) is 0 Å². The predicted octanol–water partition coefficient (Wildman–Crippen LogP) is 5.87. The van der Waals surface area contributed by atoms with E-state index in [0.717, 1.165) is 18.3 Å². The molecule has 2 aromatic heterocycles. The molecule has 40 heavy (non-hydrogen) atoms. The van der Waals surface area contributed by atoms with Crippen LogP contribution in [0.15, 0.2) is 67.1 Å². The summed E-state index contributed by atoms with van der Waals surface area (Å²) < 4.78 is 54.2. The van der Waals surface area contributed by atoms with Gasteiger partial charge in [-0.25, -0.2) is 23.1 Å². The number of aliphatic hydroxyl groups excluding tert-OH is 1. The van der Waals surface area contributed by atoms with Crippen LogP contribution in [0.5, 0.6) is 11.5 Å². The maximum Gasteiger partial charge on any atom is 0.179 e. The average Bonchev–Trinajstić information content (AvgIpc) is 2.96. The maximum atomic E-state index is 14.7. The van der Waals surface area contributed by atoms with Crippen LogP contribution in [0.25, 0.3) is 5.57 Å². The van der Waals surface area contributed by atoms with Crippen LogP contribution >= 0.6 is 0 Å². The number of anilines is 3. The molecule has 0 aliphatic carbocycles. The lowest BCUT2D eigenvalue weighted by atomic mass is 10.0. The zero-order chi connectivity index (χ0) is 28.5. The Morgan fingerprint density at radius 2 is 1.80 bits per heavy atom. The van der Waals surface area contributed by atoms with Crippen molar-refractivity contribution >= 4 is 22.8 Å². The molecule has 2 aromatic carbocycles. The van der Waals surface area contributed by atoms with Crippen molar-refractivity contribution < 1.29 is 27.8 Å². The highest BCUT2D eigenvalue weighted by atomic mass is 19.1. The highest BCUT2D eigenvalue weighted by Gasteiger charge is 2.18. The van der Waals surface area contributed by atoms with E-state index in [2.05, 4.69) is 25.6 Å². The van der Waals surface area contributed by atoms with Crippen LogP contribution in [0.1, 0.15) is 30.3 Å². The van der Waals surface area contributed by atoms with Crippen LogP contribution in [0.2, 0.25) is 0 Å². The van der Waals surface area contributed by atoms with Crippen molar-refractivity contribution in [3.63, 3.8) is 0 Å². The van der Waals surface area contributed by atoms with E-state index in [9.17, 15) is 13.2 Å². The summed E-state index contributed by atoms with van der Waals surface area (Å²) in [5, 5.41) is 14.9. The van der Waals surface area contributed by atoms with Crippen LogP contribution in [0.4, 0.5) is 30.4 Å². The Morgan fingerprint density at radius 3 is 2.50 bits per heavy atom. The zero-order valence-electron chi connectivity index (χ0n) is 21.9. The van der Waals surface area contributed by atoms with E-state index in [-0.39, 0.29) is 42.6 Å². The van der Waals surface area contributed by atoms with Crippen molar-refractivity contribution in [2.24, 2.45) is 0 Å². The molecule has 0 saturated heterocycles. The van der Waals surface area contributed by atoms with E-state index in [1.165, 1.54) is 25.6 Å². The van der Waals surface area contributed by atoms with Gasteiger partial charge in [0.25, 0.3) is 0 Å². The van der Waals surface area contributed by atoms with Gasteiger partial charge in [0.2, 0.25) is 0 Å². The molecule has 0 unspecified atom stereocenters. The van der Waals surface area contributed by atoms with Gasteiger partial charge in [-0.3, -0.25) is 4.98 Å². The summed E-state index contributed by atoms with van der Waals surface area (Å²) in [6.45, 7) is 1.47. The molecule has 4 rings (SSSR count). The van der Waals surface area contributed by atoms with Crippen molar-refractivity contribution in [1.82, 2.24) is 15.0 Å². The second-order valence-electron chi connectivity index (χ2n) is 8.45. The smallest absolute Gasteiger partial charge is 0.179 e. The molecule has 4 aromatic rings. The van der Waals surface area contributed by atoms with Crippen molar-refractivity contribution in [2.45, 2.75) is 19.9 Å². The number of rotatable bonds is 12. The number of nitrogens with one attached hydrogen (secondary N) is 2. The molecular formula is C29H28F3N5O3. The second kappa shape index (κ2) is 13.4. The Labute approximate surface area is 229 Å². The number of nitrogens with zero attached hydrogens (tertiary/aromatic N) is 3. The van der Waals surface area contributed by atoms with E-state index >= 15 is 0 Å². The second-order valence-corrected chi connectivity index (χ2v) is 8.45. The summed E-state index contributed by atoms with van der Waals surface area (Å²) in [7, 11) is 1.46. The summed E-state index contributed by atoms with van der Waals surface area (Å²) in [5.74, 6) is -1.24. The molecule has 0 radical (unpaired) electrons. The summed E-state index contributed by atoms with van der Waals surface area (Å²) in [6, 6.07) is 10.9. The van der Waals surface area contributed by atoms with Crippen LogP contribution < -0.4 is 20.1 Å². The fourth-order valence-corrected chi connectivity index (χ4v) is 3.92. The van der Waals surface area contributed by atoms with E-state index in [1.54, 1.807) is 12.1 Å². The van der Waals surface area contributed by atoms with E-state index in [0.29, 0.717) is 34.8 Å². The third kappa shape index (κ3) is 6.67. The number of para-hydroxylation sites is 1. The van der Waals surface area contributed by atoms with Crippen molar-refractivity contribution in [2.75, 3.05) is 31.0 Å². The van der Waals surface area contributed by atoms with Gasteiger partial charge in [0.05, 0.1) is 31.8 Å². The SMILES string of the molecule is CC/C=C(\c1ncc(OC)c(Nc2ccncc2F)n1)c1ccccc1NCc1c(F)cc(OCCO)cc1F. The Hall–Kier alpha value is -4.64. The summed E-state index contributed by atoms with van der Waals surface area (Å²) in [5.41, 5.74) is 1.94. The molecule has 11 heteroatoms. The third-order valence-electron chi connectivity index (χ3n) is 5.80. The van der Waals surface area contributed by atoms with Gasteiger partial charge in [-0.15, -0.1) is 0 Å². The number of hydrogen-bond acceptors (Lipinski definition) is 8. The van der Waals surface area contributed by atoms with Gasteiger partial charge in [0.1, 0.15) is 24.0 Å². The minimum Gasteiger partial charge on any atom is -0.491 e. The molecule has 0 fully saturated rings. The number of aliphatic hydroxyl groups is 1. The van der Waals surface area contributed by atoms with Crippen molar-refractivity contribution in [1.29, 1.82) is 0 Å². The largest absolute Gasteiger partial charge is 0.491 e. The summed E-state index contributed by atoms with van der Waals surface area (Å²) in [4.78, 5) is 12.8. The molecule has 2 heterocycles. The lowest BCUT2D eigenvalue weighted by Crippen LogP contribution is -2.09. The monoisotopic (exact) mass is 551 g/mol. The topological polar surface area (TPSA) is 101 Å². The van der Waals surface area contributed by atoms with E-state index in [1.807, 2.05) is 25.1 Å². The first-order valence-electron chi connectivity index (χ1n) is 12.5. The van der Waals surface area contributed by atoms with Gasteiger partial charge < -0.3 is 25.2 Å². The number of aromatic nitrogens is 3. The third-order valence-corrected chi connectivity index (χ3v) is 5.80. The number of pyridine rings is 1. The molecule has 208 valence electrons. The molecule has 8 nitrogen and oxygen atoms in total. The van der Waals surface area contributed by atoms with Gasteiger partial charge >= 0.3 is 0 Å². The summed E-state index contributed by atoms with van der Waals surface area (Å²) in [6.07, 6.45) is 6.58. The van der Waals surface area contributed by atoms with Crippen LogP contribution in [-0.4, -0.2) is 40.4 Å². The maximum absolute atomic E-state index is 14.7. The lowest BCUT2D eigenvalue weighted by molar-refractivity contribution is 0.200. The van der Waals surface area contributed by atoms with Gasteiger partial charge in [0, 0.05) is 47.3 Å². The first kappa shape index (κ1) is 28.4. The number of allylic oxidation sites excluding steroid dienone is 1. The Balaban J connectivity index is 1.65. The molecule has 0 saturated carbocycles. The quantitative estimate of drug-likeness (QED) is 0.201. The number of benzene rings is 2. The van der Waals surface area contributed by atoms with Crippen molar-refractivity contribution in [3.8, 4) is 11.5 Å². The first-order valence-corrected chi connectivity index (χ1v) is 12.5. The molecule has 0 atom stereocenters. The molecule has 0 amide bonds. The highest BCUT2D eigenvalue weighted by Crippen LogP contribution is 2.33. The minimum absolute atomic E-state index is 0.00548. The molecule has 3 N–H and O–H groups in total. The molecular weight excluding hydrogens is 523 g/mol. The summed E-state index contributed by atoms with van der Waals surface area (Å²) >= 11 is 0. The highest BCUT2D eigenvalue weighted by molar-refractivity contribution is 5.84. The van der Waals surface area contributed by atoms with Crippen LogP contribution in [0, 0.1) is 17.5 Å². The van der Waals surface area contributed by atoms with E-state index < -0.39 is 17.5 Å².